The molecule has 21 heavy (non-hydrogen) atoms. The van der Waals surface area contributed by atoms with E-state index in [1.165, 1.54) is 23.8 Å². The fourth-order valence-electron chi connectivity index (χ4n) is 2.19. The molecule has 2 aromatic carbocycles. The maximum atomic E-state index is 14.1. The average molecular weight is 354 g/mol. The van der Waals surface area contributed by atoms with E-state index >= 15 is 0 Å². The Labute approximate surface area is 127 Å². The molecule has 0 atom stereocenters. The smallest absolute Gasteiger partial charge is 0.206 e. The molecule has 3 rings (SSSR count). The van der Waals surface area contributed by atoms with Gasteiger partial charge in [-0.25, -0.2) is 13.8 Å². The summed E-state index contributed by atoms with van der Waals surface area (Å²) in [4.78, 5) is 4.12. The summed E-state index contributed by atoms with van der Waals surface area (Å²) in [5.74, 6) is -0.880. The summed E-state index contributed by atoms with van der Waals surface area (Å²) in [6.07, 6.45) is 0. The SMILES string of the molecule is COc1ccc2c(c1)nc(N)n2-c1c(F)cc(Br)cc1F. The summed E-state index contributed by atoms with van der Waals surface area (Å²) in [7, 11) is 1.52. The fourth-order valence-corrected chi connectivity index (χ4v) is 2.59. The number of imidazole rings is 1. The van der Waals surface area contributed by atoms with Gasteiger partial charge in [-0.05, 0) is 24.3 Å². The summed E-state index contributed by atoms with van der Waals surface area (Å²) in [6.45, 7) is 0. The molecule has 2 N–H and O–H groups in total. The van der Waals surface area contributed by atoms with E-state index in [4.69, 9.17) is 10.5 Å². The standard InChI is InChI=1S/C14H10BrF2N3O/c1-21-8-2-3-12-11(6-8)19-14(18)20(12)13-9(16)4-7(15)5-10(13)17/h2-6H,1H3,(H2,18,19). The molecule has 0 saturated carbocycles. The van der Waals surface area contributed by atoms with Crippen LogP contribution in [0.25, 0.3) is 16.7 Å². The van der Waals surface area contributed by atoms with Crippen molar-refractivity contribution in [3.8, 4) is 11.4 Å². The van der Waals surface area contributed by atoms with E-state index in [0.717, 1.165) is 0 Å². The number of hydrogen-bond acceptors (Lipinski definition) is 3. The highest BCUT2D eigenvalue weighted by Crippen LogP contribution is 2.30. The lowest BCUT2D eigenvalue weighted by Gasteiger charge is -2.10. The Morgan fingerprint density at radius 3 is 2.48 bits per heavy atom. The van der Waals surface area contributed by atoms with Crippen molar-refractivity contribution in [1.29, 1.82) is 0 Å². The molecular formula is C14H10BrF2N3O. The number of rotatable bonds is 2. The number of benzene rings is 2. The third kappa shape index (κ3) is 2.23. The lowest BCUT2D eigenvalue weighted by Crippen LogP contribution is -2.05. The summed E-state index contributed by atoms with van der Waals surface area (Å²) >= 11 is 3.04. The maximum absolute atomic E-state index is 14.1. The summed E-state index contributed by atoms with van der Waals surface area (Å²) in [6, 6.07) is 7.32. The normalized spacial score (nSPS) is 11.0. The molecule has 1 aromatic heterocycles. The van der Waals surface area contributed by atoms with Gasteiger partial charge < -0.3 is 10.5 Å². The molecule has 3 aromatic rings. The van der Waals surface area contributed by atoms with Crippen molar-refractivity contribution >= 4 is 32.9 Å². The molecule has 108 valence electrons. The number of aromatic nitrogens is 2. The minimum atomic E-state index is -0.733. The highest BCUT2D eigenvalue weighted by Gasteiger charge is 2.18. The van der Waals surface area contributed by atoms with E-state index in [0.29, 0.717) is 21.3 Å². The number of hydrogen-bond donors (Lipinski definition) is 1. The van der Waals surface area contributed by atoms with Crippen molar-refractivity contribution in [2.24, 2.45) is 0 Å². The number of nitrogens with two attached hydrogens (primary N) is 1. The van der Waals surface area contributed by atoms with Crippen LogP contribution in [0.2, 0.25) is 0 Å². The van der Waals surface area contributed by atoms with Gasteiger partial charge in [-0.3, -0.25) is 4.57 Å². The molecule has 7 heteroatoms. The molecule has 0 aliphatic rings. The van der Waals surface area contributed by atoms with E-state index in [1.807, 2.05) is 0 Å². The molecule has 0 aliphatic carbocycles. The van der Waals surface area contributed by atoms with Crippen LogP contribution in [-0.4, -0.2) is 16.7 Å². The molecule has 0 aliphatic heterocycles. The van der Waals surface area contributed by atoms with E-state index in [1.54, 1.807) is 18.2 Å². The van der Waals surface area contributed by atoms with Crippen molar-refractivity contribution in [1.82, 2.24) is 9.55 Å². The van der Waals surface area contributed by atoms with Crippen LogP contribution in [0.5, 0.6) is 5.75 Å². The van der Waals surface area contributed by atoms with Crippen molar-refractivity contribution in [3.05, 3.63) is 46.4 Å². The van der Waals surface area contributed by atoms with Gasteiger partial charge in [0.05, 0.1) is 18.1 Å². The summed E-state index contributed by atoms with van der Waals surface area (Å²) in [5.41, 5.74) is 6.55. The Morgan fingerprint density at radius 1 is 1.19 bits per heavy atom. The number of anilines is 1. The van der Waals surface area contributed by atoms with Gasteiger partial charge in [-0.15, -0.1) is 0 Å². The Balaban J connectivity index is 2.33. The lowest BCUT2D eigenvalue weighted by molar-refractivity contribution is 0.415. The number of ether oxygens (including phenoxy) is 1. The van der Waals surface area contributed by atoms with Gasteiger partial charge in [0.15, 0.2) is 11.6 Å². The van der Waals surface area contributed by atoms with Gasteiger partial charge in [0.2, 0.25) is 5.95 Å². The van der Waals surface area contributed by atoms with Crippen molar-refractivity contribution in [2.75, 3.05) is 12.8 Å². The van der Waals surface area contributed by atoms with Crippen LogP contribution >= 0.6 is 15.9 Å². The number of nitrogen functional groups attached to an aromatic ring is 1. The van der Waals surface area contributed by atoms with Crippen LogP contribution in [0.15, 0.2) is 34.8 Å². The van der Waals surface area contributed by atoms with E-state index < -0.39 is 11.6 Å². The molecule has 0 spiro atoms. The van der Waals surface area contributed by atoms with Gasteiger partial charge in [-0.2, -0.15) is 0 Å². The van der Waals surface area contributed by atoms with Crippen LogP contribution < -0.4 is 10.5 Å². The number of fused-ring (bicyclic) bond motifs is 1. The topological polar surface area (TPSA) is 53.1 Å². The zero-order valence-corrected chi connectivity index (χ0v) is 12.5. The monoisotopic (exact) mass is 353 g/mol. The van der Waals surface area contributed by atoms with E-state index in [9.17, 15) is 8.78 Å². The Morgan fingerprint density at radius 2 is 1.86 bits per heavy atom. The molecular weight excluding hydrogens is 344 g/mol. The molecule has 0 saturated heterocycles. The Bertz CT molecular complexity index is 825. The minimum absolute atomic E-state index is 0.00150. The van der Waals surface area contributed by atoms with Crippen LogP contribution in [0.3, 0.4) is 0 Å². The van der Waals surface area contributed by atoms with Gasteiger partial charge in [0.25, 0.3) is 0 Å². The first-order valence-corrected chi connectivity index (χ1v) is 6.77. The lowest BCUT2D eigenvalue weighted by atomic mass is 10.2. The van der Waals surface area contributed by atoms with Crippen molar-refractivity contribution in [2.45, 2.75) is 0 Å². The number of methoxy groups -OCH3 is 1. The van der Waals surface area contributed by atoms with Crippen LogP contribution in [0.1, 0.15) is 0 Å². The summed E-state index contributed by atoms with van der Waals surface area (Å²) in [5, 5.41) is 0. The second-order valence-electron chi connectivity index (χ2n) is 4.38. The first-order chi connectivity index (χ1) is 10.0. The first-order valence-electron chi connectivity index (χ1n) is 5.98. The van der Waals surface area contributed by atoms with E-state index in [-0.39, 0.29) is 11.6 Å². The third-order valence-electron chi connectivity index (χ3n) is 3.09. The van der Waals surface area contributed by atoms with Gasteiger partial charge >= 0.3 is 0 Å². The van der Waals surface area contributed by atoms with Crippen LogP contribution in [0.4, 0.5) is 14.7 Å². The zero-order valence-electron chi connectivity index (χ0n) is 10.9. The molecule has 4 nitrogen and oxygen atoms in total. The molecule has 1 heterocycles. The highest BCUT2D eigenvalue weighted by molar-refractivity contribution is 9.10. The Kier molecular flexibility index (Phi) is 3.29. The fraction of sp³-hybridized carbons (Fsp3) is 0.0714. The predicted octanol–water partition coefficient (Wildman–Crippen LogP) is 3.66. The Hall–Kier alpha value is -2.15. The van der Waals surface area contributed by atoms with Crippen molar-refractivity contribution < 1.29 is 13.5 Å². The molecule has 0 radical (unpaired) electrons. The molecule has 0 amide bonds. The third-order valence-corrected chi connectivity index (χ3v) is 3.55. The predicted molar refractivity (Wildman–Crippen MR) is 79.7 cm³/mol. The van der Waals surface area contributed by atoms with Gasteiger partial charge in [0.1, 0.15) is 11.4 Å². The minimum Gasteiger partial charge on any atom is -0.497 e. The van der Waals surface area contributed by atoms with Crippen molar-refractivity contribution in [3.63, 3.8) is 0 Å². The molecule has 0 unspecified atom stereocenters. The number of halogens is 3. The largest absolute Gasteiger partial charge is 0.497 e. The second-order valence-corrected chi connectivity index (χ2v) is 5.29. The quantitative estimate of drug-likeness (QED) is 0.764. The average Bonchev–Trinajstić information content (AvgIpc) is 2.73. The van der Waals surface area contributed by atoms with Gasteiger partial charge in [0, 0.05) is 10.5 Å². The second kappa shape index (κ2) is 5.00. The molecule has 0 bridgehead atoms. The maximum Gasteiger partial charge on any atom is 0.206 e. The summed E-state index contributed by atoms with van der Waals surface area (Å²) < 4.78 is 34.9. The van der Waals surface area contributed by atoms with Crippen LogP contribution in [-0.2, 0) is 0 Å². The highest BCUT2D eigenvalue weighted by atomic mass is 79.9. The zero-order chi connectivity index (χ0) is 15.1. The number of nitrogens with zero attached hydrogens (tertiary/aromatic N) is 2. The van der Waals surface area contributed by atoms with Crippen LogP contribution in [0, 0.1) is 11.6 Å². The van der Waals surface area contributed by atoms with Gasteiger partial charge in [-0.1, -0.05) is 15.9 Å². The first kappa shape index (κ1) is 13.8. The van der Waals surface area contributed by atoms with E-state index in [2.05, 4.69) is 20.9 Å². The molecule has 0 fully saturated rings.